The molecule has 0 radical (unpaired) electrons. The quantitative estimate of drug-likeness (QED) is 0.701. The Morgan fingerprint density at radius 3 is 2.64 bits per heavy atom. The highest BCUT2D eigenvalue weighted by Gasteiger charge is 2.48. The Kier molecular flexibility index (Phi) is 4.36. The fraction of sp³-hybridized carbons (Fsp3) is 0.333. The molecule has 0 bridgehead atoms. The second-order valence-electron chi connectivity index (χ2n) is 8.14. The van der Waals surface area contributed by atoms with Gasteiger partial charge in [-0.2, -0.15) is 0 Å². The van der Waals surface area contributed by atoms with Crippen molar-refractivity contribution in [3.63, 3.8) is 0 Å². The highest BCUT2D eigenvalue weighted by molar-refractivity contribution is 5.81. The molecule has 2 saturated heterocycles. The lowest BCUT2D eigenvalue weighted by Crippen LogP contribution is -2.34. The Labute approximate surface area is 165 Å². The van der Waals surface area contributed by atoms with E-state index in [0.717, 1.165) is 31.7 Å². The lowest BCUT2D eigenvalue weighted by molar-refractivity contribution is -0.130. The monoisotopic (exact) mass is 371 g/mol. The van der Waals surface area contributed by atoms with Gasteiger partial charge in [-0.3, -0.25) is 14.7 Å². The number of fused-ring (bicyclic) bond motifs is 2. The molecule has 5 rings (SSSR count). The van der Waals surface area contributed by atoms with Crippen molar-refractivity contribution in [1.29, 1.82) is 0 Å². The molecule has 1 amide bonds. The van der Waals surface area contributed by atoms with Crippen LogP contribution in [0.1, 0.15) is 24.1 Å². The van der Waals surface area contributed by atoms with Crippen LogP contribution in [0.4, 0.5) is 0 Å². The zero-order valence-electron chi connectivity index (χ0n) is 16.2. The molecule has 0 aliphatic carbocycles. The van der Waals surface area contributed by atoms with Crippen LogP contribution >= 0.6 is 0 Å². The topological polar surface area (TPSA) is 36.4 Å². The highest BCUT2D eigenvalue weighted by Crippen LogP contribution is 2.45. The van der Waals surface area contributed by atoms with E-state index in [1.165, 1.54) is 16.5 Å². The predicted molar refractivity (Wildman–Crippen MR) is 111 cm³/mol. The summed E-state index contributed by atoms with van der Waals surface area (Å²) in [5.74, 6) is 1.22. The minimum absolute atomic E-state index is 0.188. The number of para-hydroxylation sites is 1. The molecular weight excluding hydrogens is 346 g/mol. The van der Waals surface area contributed by atoms with Crippen LogP contribution in [0.25, 0.3) is 10.9 Å². The van der Waals surface area contributed by atoms with E-state index in [4.69, 9.17) is 0 Å². The lowest BCUT2D eigenvalue weighted by atomic mass is 9.89. The van der Waals surface area contributed by atoms with Crippen LogP contribution in [0.5, 0.6) is 0 Å². The smallest absolute Gasteiger partial charge is 0.219 e. The molecule has 28 heavy (non-hydrogen) atoms. The van der Waals surface area contributed by atoms with Crippen LogP contribution in [-0.2, 0) is 11.3 Å². The molecule has 3 aromatic rings. The molecular formula is C24H25N3O. The Balaban J connectivity index is 1.40. The summed E-state index contributed by atoms with van der Waals surface area (Å²) >= 11 is 0. The summed E-state index contributed by atoms with van der Waals surface area (Å²) in [5.41, 5.74) is 3.66. The first kappa shape index (κ1) is 17.4. The van der Waals surface area contributed by atoms with Crippen LogP contribution in [0.3, 0.4) is 0 Å². The average molecular weight is 371 g/mol. The van der Waals surface area contributed by atoms with Gasteiger partial charge in [0.15, 0.2) is 0 Å². The summed E-state index contributed by atoms with van der Waals surface area (Å²) in [6.07, 6.45) is 1.88. The van der Waals surface area contributed by atoms with Gasteiger partial charge in [-0.1, -0.05) is 54.6 Å². The minimum Gasteiger partial charge on any atom is -0.335 e. The van der Waals surface area contributed by atoms with Gasteiger partial charge in [0.05, 0.1) is 11.6 Å². The maximum atomic E-state index is 12.3. The van der Waals surface area contributed by atoms with Gasteiger partial charge in [0, 0.05) is 50.6 Å². The molecule has 0 N–H and O–H groups in total. The van der Waals surface area contributed by atoms with Crippen LogP contribution in [0.15, 0.2) is 66.9 Å². The average Bonchev–Trinajstić information content (AvgIpc) is 3.26. The molecule has 4 heteroatoms. The number of pyridine rings is 1. The maximum absolute atomic E-state index is 12.3. The van der Waals surface area contributed by atoms with Gasteiger partial charge < -0.3 is 4.90 Å². The van der Waals surface area contributed by atoms with Crippen LogP contribution in [0.2, 0.25) is 0 Å². The van der Waals surface area contributed by atoms with Gasteiger partial charge >= 0.3 is 0 Å². The van der Waals surface area contributed by atoms with E-state index in [9.17, 15) is 4.79 Å². The number of nitrogens with zero attached hydrogens (tertiary/aromatic N) is 3. The van der Waals surface area contributed by atoms with Gasteiger partial charge in [0.25, 0.3) is 0 Å². The van der Waals surface area contributed by atoms with Crippen molar-refractivity contribution >= 4 is 16.8 Å². The van der Waals surface area contributed by atoms with E-state index in [0.29, 0.717) is 11.8 Å². The Hall–Kier alpha value is -2.72. The van der Waals surface area contributed by atoms with Crippen molar-refractivity contribution in [2.75, 3.05) is 19.6 Å². The van der Waals surface area contributed by atoms with E-state index in [1.54, 1.807) is 6.92 Å². The van der Waals surface area contributed by atoms with Gasteiger partial charge in [-0.05, 0) is 23.1 Å². The first-order valence-electron chi connectivity index (χ1n) is 10.1. The number of rotatable bonds is 3. The van der Waals surface area contributed by atoms with Crippen LogP contribution in [0, 0.1) is 11.8 Å². The molecule has 2 aromatic carbocycles. The fourth-order valence-electron chi connectivity index (χ4n) is 5.20. The molecule has 1 aromatic heterocycles. The van der Waals surface area contributed by atoms with Crippen molar-refractivity contribution in [3.05, 3.63) is 78.0 Å². The number of carbonyl (C=O) groups excluding carboxylic acids is 1. The predicted octanol–water partition coefficient (Wildman–Crippen LogP) is 3.89. The zero-order valence-corrected chi connectivity index (χ0v) is 16.2. The number of likely N-dealkylation sites (tertiary alicyclic amines) is 2. The van der Waals surface area contributed by atoms with Crippen molar-refractivity contribution in [2.45, 2.75) is 19.5 Å². The third-order valence-electron chi connectivity index (χ3n) is 6.40. The molecule has 0 unspecified atom stereocenters. The number of aromatic nitrogens is 1. The van der Waals surface area contributed by atoms with Crippen molar-refractivity contribution in [3.8, 4) is 0 Å². The number of hydrogen-bond acceptors (Lipinski definition) is 3. The molecule has 2 fully saturated rings. The summed E-state index contributed by atoms with van der Waals surface area (Å²) in [6, 6.07) is 21.3. The first-order valence-corrected chi connectivity index (χ1v) is 10.1. The zero-order chi connectivity index (χ0) is 19.1. The molecule has 3 atom stereocenters. The molecule has 3 heterocycles. The summed E-state index contributed by atoms with van der Waals surface area (Å²) in [6.45, 7) is 5.56. The molecule has 0 saturated carbocycles. The summed E-state index contributed by atoms with van der Waals surface area (Å²) in [7, 11) is 0. The van der Waals surface area contributed by atoms with Crippen LogP contribution in [-0.4, -0.2) is 40.3 Å². The van der Waals surface area contributed by atoms with Gasteiger partial charge in [0.1, 0.15) is 0 Å². The van der Waals surface area contributed by atoms with Gasteiger partial charge in [0.2, 0.25) is 5.91 Å². The Morgan fingerprint density at radius 2 is 1.82 bits per heavy atom. The largest absolute Gasteiger partial charge is 0.335 e. The van der Waals surface area contributed by atoms with Crippen molar-refractivity contribution < 1.29 is 4.79 Å². The SMILES string of the molecule is CC(=O)N1C[C@H]2CN(Cc3cccc4cccnc34)C[C@H]2[C@@H]1c1ccccc1. The Morgan fingerprint density at radius 1 is 1.00 bits per heavy atom. The van der Waals surface area contributed by atoms with E-state index in [2.05, 4.69) is 63.3 Å². The number of hydrogen-bond donors (Lipinski definition) is 0. The normalized spacial score (nSPS) is 24.6. The van der Waals surface area contributed by atoms with Gasteiger partial charge in [-0.15, -0.1) is 0 Å². The van der Waals surface area contributed by atoms with E-state index >= 15 is 0 Å². The fourth-order valence-corrected chi connectivity index (χ4v) is 5.20. The van der Waals surface area contributed by atoms with E-state index in [1.807, 2.05) is 18.3 Å². The van der Waals surface area contributed by atoms with Crippen molar-refractivity contribution in [2.24, 2.45) is 11.8 Å². The highest BCUT2D eigenvalue weighted by atomic mass is 16.2. The number of carbonyl (C=O) groups is 1. The molecule has 2 aliphatic heterocycles. The number of amides is 1. The summed E-state index contributed by atoms with van der Waals surface area (Å²) < 4.78 is 0. The maximum Gasteiger partial charge on any atom is 0.219 e. The van der Waals surface area contributed by atoms with Crippen LogP contribution < -0.4 is 0 Å². The second-order valence-corrected chi connectivity index (χ2v) is 8.14. The van der Waals surface area contributed by atoms with Crippen molar-refractivity contribution in [1.82, 2.24) is 14.8 Å². The Bertz CT molecular complexity index is 998. The molecule has 4 nitrogen and oxygen atoms in total. The first-order chi connectivity index (χ1) is 13.7. The molecule has 2 aliphatic rings. The second kappa shape index (κ2) is 7.02. The summed E-state index contributed by atoms with van der Waals surface area (Å²) in [4.78, 5) is 21.5. The standard InChI is InChI=1S/C24H25N3O/c1-17(28)27-15-21-14-26(16-22(21)24(27)19-7-3-2-4-8-19)13-20-10-5-9-18-11-6-12-25-23(18)20/h2-12,21-22,24H,13-16H2,1H3/t21-,22-,24+/m1/s1. The van der Waals surface area contributed by atoms with Gasteiger partial charge in [-0.25, -0.2) is 0 Å². The summed E-state index contributed by atoms with van der Waals surface area (Å²) in [5, 5.41) is 1.20. The van der Waals surface area contributed by atoms with E-state index in [-0.39, 0.29) is 11.9 Å². The third-order valence-corrected chi connectivity index (χ3v) is 6.40. The molecule has 0 spiro atoms. The third kappa shape index (κ3) is 2.98. The molecule has 142 valence electrons. The number of benzene rings is 2. The van der Waals surface area contributed by atoms with E-state index < -0.39 is 0 Å². The minimum atomic E-state index is 0.188. The lowest BCUT2D eigenvalue weighted by Gasteiger charge is -2.29.